The highest BCUT2D eigenvalue weighted by molar-refractivity contribution is 7.89. The van der Waals surface area contributed by atoms with Gasteiger partial charge in [0.1, 0.15) is 5.75 Å². The average molecular weight is 512 g/mol. The Hall–Kier alpha value is -2.51. The normalized spacial score (nSPS) is 15.3. The van der Waals surface area contributed by atoms with Crippen LogP contribution in [0.25, 0.3) is 0 Å². The number of ether oxygens (including phenoxy) is 2. The Bertz CT molecular complexity index is 1220. The summed E-state index contributed by atoms with van der Waals surface area (Å²) in [5.41, 5.74) is 0.392. The van der Waals surface area contributed by atoms with Crippen LogP contribution in [0, 0.1) is 0 Å². The molecule has 0 radical (unpaired) electrons. The predicted molar refractivity (Wildman–Crippen MR) is 127 cm³/mol. The molecule has 186 valence electrons. The van der Waals surface area contributed by atoms with Crippen LogP contribution in [0.2, 0.25) is 0 Å². The van der Waals surface area contributed by atoms with Crippen molar-refractivity contribution in [3.8, 4) is 5.75 Å². The first-order valence-corrected chi connectivity index (χ1v) is 13.7. The quantitative estimate of drug-likeness (QED) is 0.546. The topological polar surface area (TPSA) is 122 Å². The van der Waals surface area contributed by atoms with E-state index in [9.17, 15) is 21.6 Å². The van der Waals surface area contributed by atoms with E-state index < -0.39 is 26.0 Å². The van der Waals surface area contributed by atoms with Crippen LogP contribution in [-0.4, -0.2) is 77.9 Å². The molecule has 12 heteroatoms. The number of methoxy groups -OCH3 is 1. The number of carbonyl (C=O) groups excluding carboxylic acids is 1. The van der Waals surface area contributed by atoms with Gasteiger partial charge in [-0.3, -0.25) is 4.79 Å². The van der Waals surface area contributed by atoms with Gasteiger partial charge in [-0.1, -0.05) is 13.8 Å². The van der Waals surface area contributed by atoms with Gasteiger partial charge >= 0.3 is 0 Å². The third-order valence-corrected chi connectivity index (χ3v) is 9.44. The summed E-state index contributed by atoms with van der Waals surface area (Å²) in [4.78, 5) is 13.1. The van der Waals surface area contributed by atoms with E-state index in [2.05, 4.69) is 5.32 Å². The Morgan fingerprint density at radius 3 is 2.15 bits per heavy atom. The van der Waals surface area contributed by atoms with Gasteiger partial charge in [-0.15, -0.1) is 0 Å². The summed E-state index contributed by atoms with van der Waals surface area (Å²) in [7, 11) is -6.04. The zero-order valence-corrected chi connectivity index (χ0v) is 21.0. The number of nitrogens with zero attached hydrogens (tertiary/aromatic N) is 2. The molecule has 10 nitrogen and oxygen atoms in total. The number of anilines is 1. The lowest BCUT2D eigenvalue weighted by atomic mass is 10.2. The number of benzene rings is 2. The predicted octanol–water partition coefficient (Wildman–Crippen LogP) is 2.00. The monoisotopic (exact) mass is 511 g/mol. The van der Waals surface area contributed by atoms with E-state index in [1.165, 1.54) is 58.2 Å². The number of rotatable bonds is 9. The molecule has 1 aliphatic heterocycles. The van der Waals surface area contributed by atoms with Gasteiger partial charge in [0.15, 0.2) is 0 Å². The first kappa shape index (κ1) is 26.1. The molecule has 0 spiro atoms. The molecule has 2 aromatic rings. The Morgan fingerprint density at radius 1 is 1.00 bits per heavy atom. The molecule has 1 N–H and O–H groups in total. The summed E-state index contributed by atoms with van der Waals surface area (Å²) in [5.74, 6) is -0.380. The molecule has 1 fully saturated rings. The van der Waals surface area contributed by atoms with Crippen LogP contribution in [0.1, 0.15) is 24.2 Å². The molecule has 0 aliphatic carbocycles. The largest absolute Gasteiger partial charge is 0.496 e. The molecule has 34 heavy (non-hydrogen) atoms. The third kappa shape index (κ3) is 5.41. The van der Waals surface area contributed by atoms with Crippen LogP contribution in [-0.2, 0) is 24.8 Å². The first-order valence-electron chi connectivity index (χ1n) is 10.8. The summed E-state index contributed by atoms with van der Waals surface area (Å²) in [5, 5.41) is 2.67. The Kier molecular flexibility index (Phi) is 8.31. The Morgan fingerprint density at radius 2 is 1.59 bits per heavy atom. The van der Waals surface area contributed by atoms with E-state index in [0.717, 1.165) is 0 Å². The van der Waals surface area contributed by atoms with Crippen molar-refractivity contribution in [1.29, 1.82) is 0 Å². The third-order valence-electron chi connectivity index (χ3n) is 5.48. The van der Waals surface area contributed by atoms with Gasteiger partial charge in [0.2, 0.25) is 20.0 Å². The van der Waals surface area contributed by atoms with Crippen LogP contribution in [0.4, 0.5) is 5.69 Å². The lowest BCUT2D eigenvalue weighted by Crippen LogP contribution is -2.40. The number of morpholine rings is 1. The molecule has 3 rings (SSSR count). The minimum atomic E-state index is -3.80. The van der Waals surface area contributed by atoms with E-state index in [0.29, 0.717) is 32.0 Å². The van der Waals surface area contributed by atoms with Crippen LogP contribution in [0.3, 0.4) is 0 Å². The van der Waals surface area contributed by atoms with E-state index in [1.807, 2.05) is 0 Å². The van der Waals surface area contributed by atoms with Crippen molar-refractivity contribution in [1.82, 2.24) is 8.61 Å². The molecule has 1 aliphatic rings. The van der Waals surface area contributed by atoms with Gasteiger partial charge in [0, 0.05) is 31.9 Å². The molecule has 1 saturated heterocycles. The second-order valence-corrected chi connectivity index (χ2v) is 11.3. The fourth-order valence-corrected chi connectivity index (χ4v) is 6.48. The van der Waals surface area contributed by atoms with Crippen LogP contribution >= 0.6 is 0 Å². The molecule has 0 unspecified atom stereocenters. The second-order valence-electron chi connectivity index (χ2n) is 7.45. The van der Waals surface area contributed by atoms with Gasteiger partial charge in [0.05, 0.1) is 35.7 Å². The molecule has 0 bridgehead atoms. The van der Waals surface area contributed by atoms with Crippen LogP contribution < -0.4 is 10.1 Å². The number of hydrogen-bond acceptors (Lipinski definition) is 7. The highest BCUT2D eigenvalue weighted by atomic mass is 32.2. The molecule has 1 amide bonds. The molecule has 0 aromatic heterocycles. The van der Waals surface area contributed by atoms with Gasteiger partial charge < -0.3 is 14.8 Å². The second kappa shape index (κ2) is 10.8. The van der Waals surface area contributed by atoms with Crippen molar-refractivity contribution < 1.29 is 31.1 Å². The number of hydrogen-bond donors (Lipinski definition) is 1. The fraction of sp³-hybridized carbons (Fsp3) is 0.409. The zero-order chi connectivity index (χ0) is 24.9. The lowest BCUT2D eigenvalue weighted by molar-refractivity contribution is 0.0730. The molecular weight excluding hydrogens is 482 g/mol. The van der Waals surface area contributed by atoms with E-state index in [1.54, 1.807) is 13.8 Å². The van der Waals surface area contributed by atoms with Gasteiger partial charge in [0.25, 0.3) is 5.91 Å². The van der Waals surface area contributed by atoms with E-state index >= 15 is 0 Å². The van der Waals surface area contributed by atoms with Gasteiger partial charge in [-0.25, -0.2) is 16.8 Å². The highest BCUT2D eigenvalue weighted by Crippen LogP contribution is 2.26. The molecule has 2 aromatic carbocycles. The summed E-state index contributed by atoms with van der Waals surface area (Å²) < 4.78 is 64.4. The number of amides is 1. The maximum absolute atomic E-state index is 13.0. The Balaban J connectivity index is 1.85. The molecule has 1 heterocycles. The first-order chi connectivity index (χ1) is 16.1. The molecule has 0 saturated carbocycles. The summed E-state index contributed by atoms with van der Waals surface area (Å²) in [6.07, 6.45) is 0. The average Bonchev–Trinajstić information content (AvgIpc) is 2.85. The van der Waals surface area contributed by atoms with Crippen molar-refractivity contribution in [2.24, 2.45) is 0 Å². The molecule has 0 atom stereocenters. The maximum Gasteiger partial charge on any atom is 0.259 e. The lowest BCUT2D eigenvalue weighted by Gasteiger charge is -2.26. The van der Waals surface area contributed by atoms with Crippen molar-refractivity contribution in [2.75, 3.05) is 51.8 Å². The summed E-state index contributed by atoms with van der Waals surface area (Å²) in [6.45, 7) is 5.30. The van der Waals surface area contributed by atoms with E-state index in [4.69, 9.17) is 9.47 Å². The summed E-state index contributed by atoms with van der Waals surface area (Å²) >= 11 is 0. The SMILES string of the molecule is CCN(CC)S(=O)(=O)c1ccc(NC(=O)c2cc(S(=O)(=O)N3CCOCC3)ccc2OC)cc1. The van der Waals surface area contributed by atoms with Crippen molar-refractivity contribution in [2.45, 2.75) is 23.6 Å². The van der Waals surface area contributed by atoms with Crippen molar-refractivity contribution in [3.63, 3.8) is 0 Å². The van der Waals surface area contributed by atoms with Crippen LogP contribution in [0.5, 0.6) is 5.75 Å². The summed E-state index contributed by atoms with van der Waals surface area (Å²) in [6, 6.07) is 9.90. The maximum atomic E-state index is 13.0. The minimum Gasteiger partial charge on any atom is -0.496 e. The van der Waals surface area contributed by atoms with Crippen LogP contribution in [0.15, 0.2) is 52.3 Å². The minimum absolute atomic E-state index is 0.0268. The van der Waals surface area contributed by atoms with Crippen molar-refractivity contribution in [3.05, 3.63) is 48.0 Å². The number of sulfonamides is 2. The van der Waals surface area contributed by atoms with Gasteiger partial charge in [-0.05, 0) is 42.5 Å². The van der Waals surface area contributed by atoms with Crippen molar-refractivity contribution >= 4 is 31.6 Å². The smallest absolute Gasteiger partial charge is 0.259 e. The van der Waals surface area contributed by atoms with Gasteiger partial charge in [-0.2, -0.15) is 8.61 Å². The zero-order valence-electron chi connectivity index (χ0n) is 19.4. The van der Waals surface area contributed by atoms with E-state index in [-0.39, 0.29) is 34.2 Å². The molecular formula is C22H29N3O7S2. The number of nitrogens with one attached hydrogen (secondary N) is 1. The number of carbonyl (C=O) groups is 1. The Labute approximate surface area is 200 Å². The highest BCUT2D eigenvalue weighted by Gasteiger charge is 2.28. The standard InChI is InChI=1S/C22H29N3O7S2/c1-4-24(5-2)33(27,28)18-8-6-17(7-9-18)23-22(26)20-16-19(10-11-21(20)31-3)34(29,30)25-12-14-32-15-13-25/h6-11,16H,4-5,12-15H2,1-3H3,(H,23,26). The fourth-order valence-electron chi connectivity index (χ4n) is 3.58.